The molecule has 0 radical (unpaired) electrons. The minimum absolute atomic E-state index is 0.349. The van der Waals surface area contributed by atoms with Crippen LogP contribution in [0.1, 0.15) is 5.56 Å². The van der Waals surface area contributed by atoms with Gasteiger partial charge in [-0.3, -0.25) is 4.90 Å². The molecule has 0 saturated carbocycles. The molecular formula is C14H12F2N+. The van der Waals surface area contributed by atoms with Crippen molar-refractivity contribution in [1.82, 2.24) is 0 Å². The van der Waals surface area contributed by atoms with Crippen molar-refractivity contribution in [2.75, 3.05) is 6.54 Å². The van der Waals surface area contributed by atoms with Gasteiger partial charge in [0, 0.05) is 18.1 Å². The van der Waals surface area contributed by atoms with Gasteiger partial charge >= 0.3 is 0 Å². The molecule has 0 bridgehead atoms. The molecule has 0 fully saturated rings. The van der Waals surface area contributed by atoms with E-state index in [1.54, 1.807) is 0 Å². The lowest BCUT2D eigenvalue weighted by Crippen LogP contribution is -3.01. The maximum Gasteiger partial charge on any atom is 0.184 e. The predicted molar refractivity (Wildman–Crippen MR) is 61.7 cm³/mol. The fourth-order valence-corrected chi connectivity index (χ4v) is 2.44. The number of quaternary nitrogens is 1. The third-order valence-corrected chi connectivity index (χ3v) is 3.24. The zero-order valence-corrected chi connectivity index (χ0v) is 9.21. The van der Waals surface area contributed by atoms with E-state index in [1.807, 2.05) is 24.3 Å². The quantitative estimate of drug-likeness (QED) is 0.770. The van der Waals surface area contributed by atoms with Gasteiger partial charge in [0.05, 0.1) is 6.54 Å². The highest BCUT2D eigenvalue weighted by Crippen LogP contribution is 2.21. The molecule has 1 atom stereocenters. The van der Waals surface area contributed by atoms with E-state index in [-0.39, 0.29) is 5.82 Å². The molecule has 0 aliphatic carbocycles. The highest BCUT2D eigenvalue weighted by atomic mass is 19.1. The van der Waals surface area contributed by atoms with Crippen LogP contribution in [0.4, 0.5) is 20.2 Å². The molecule has 0 aromatic heterocycles. The summed E-state index contributed by atoms with van der Waals surface area (Å²) in [4.78, 5) is 0.914. The summed E-state index contributed by atoms with van der Waals surface area (Å²) in [6.45, 7) is 0.778. The Kier molecular flexibility index (Phi) is 2.41. The zero-order valence-electron chi connectivity index (χ0n) is 9.21. The lowest BCUT2D eigenvalue weighted by atomic mass is 10.2. The van der Waals surface area contributed by atoms with Crippen molar-refractivity contribution in [2.24, 2.45) is 0 Å². The molecular weight excluding hydrogens is 220 g/mol. The summed E-state index contributed by atoms with van der Waals surface area (Å²) in [6, 6.07) is 11.6. The summed E-state index contributed by atoms with van der Waals surface area (Å²) < 4.78 is 26.9. The lowest BCUT2D eigenvalue weighted by Gasteiger charge is -2.13. The van der Waals surface area contributed by atoms with Crippen LogP contribution in [0.2, 0.25) is 0 Å². The molecule has 1 aliphatic rings. The summed E-state index contributed by atoms with van der Waals surface area (Å²) in [5.41, 5.74) is 2.66. The number of nitrogens with one attached hydrogen (secondary N) is 1. The van der Waals surface area contributed by atoms with Crippen molar-refractivity contribution in [3.05, 3.63) is 59.7 Å². The molecule has 0 saturated heterocycles. The lowest BCUT2D eigenvalue weighted by molar-refractivity contribution is -0.754. The van der Waals surface area contributed by atoms with Crippen LogP contribution in [0.25, 0.3) is 0 Å². The van der Waals surface area contributed by atoms with Crippen LogP contribution in [0.3, 0.4) is 0 Å². The summed E-state index contributed by atoms with van der Waals surface area (Å²) in [6.07, 6.45) is 0.904. The first-order chi connectivity index (χ1) is 8.25. The van der Waals surface area contributed by atoms with Gasteiger partial charge in [-0.15, -0.1) is 0 Å². The van der Waals surface area contributed by atoms with Crippen LogP contribution in [-0.4, -0.2) is 6.54 Å². The molecule has 1 unspecified atom stereocenters. The van der Waals surface area contributed by atoms with E-state index in [2.05, 4.69) is 0 Å². The molecule has 0 spiro atoms. The molecule has 17 heavy (non-hydrogen) atoms. The summed E-state index contributed by atoms with van der Waals surface area (Å²) in [7, 11) is 0. The Morgan fingerprint density at radius 1 is 0.941 bits per heavy atom. The van der Waals surface area contributed by atoms with Crippen molar-refractivity contribution < 1.29 is 13.7 Å². The average Bonchev–Trinajstić information content (AvgIpc) is 2.76. The van der Waals surface area contributed by atoms with E-state index >= 15 is 0 Å². The van der Waals surface area contributed by atoms with E-state index in [1.165, 1.54) is 17.7 Å². The number of hydrogen-bond donors (Lipinski definition) is 1. The normalized spacial score (nSPS) is 18.1. The summed E-state index contributed by atoms with van der Waals surface area (Å²) in [5, 5.41) is 0. The number of rotatable bonds is 1. The molecule has 86 valence electrons. The van der Waals surface area contributed by atoms with Gasteiger partial charge in [-0.25, -0.2) is 8.78 Å². The largest absolute Gasteiger partial charge is 0.267 e. The topological polar surface area (TPSA) is 4.44 Å². The van der Waals surface area contributed by atoms with Crippen LogP contribution in [0, 0.1) is 11.6 Å². The standard InChI is InChI=1S/C14H11F2N/c15-11-5-6-12(16)14(9-11)17-8-7-10-3-1-2-4-13(10)17/h1-6,9H,7-8H2/p+1. The van der Waals surface area contributed by atoms with Crippen molar-refractivity contribution in [3.8, 4) is 0 Å². The number of halogens is 2. The SMILES string of the molecule is Fc1ccc(F)c([NH+]2CCc3ccccc32)c1. The Morgan fingerprint density at radius 3 is 2.65 bits per heavy atom. The first-order valence-electron chi connectivity index (χ1n) is 5.65. The Hall–Kier alpha value is -1.74. The van der Waals surface area contributed by atoms with Crippen LogP contribution >= 0.6 is 0 Å². The minimum Gasteiger partial charge on any atom is -0.267 e. The fraction of sp³-hybridized carbons (Fsp3) is 0.143. The molecule has 2 aromatic carbocycles. The summed E-state index contributed by atoms with van der Waals surface area (Å²) in [5.74, 6) is -0.739. The van der Waals surface area contributed by atoms with Crippen molar-refractivity contribution >= 4 is 11.4 Å². The maximum atomic E-state index is 13.7. The van der Waals surface area contributed by atoms with E-state index in [4.69, 9.17) is 0 Å². The van der Waals surface area contributed by atoms with Gasteiger partial charge in [0.1, 0.15) is 11.5 Å². The van der Waals surface area contributed by atoms with Gasteiger partial charge in [-0.1, -0.05) is 18.2 Å². The van der Waals surface area contributed by atoms with Gasteiger partial charge in [0.2, 0.25) is 0 Å². The van der Waals surface area contributed by atoms with Gasteiger partial charge in [0.15, 0.2) is 11.5 Å². The summed E-state index contributed by atoms with van der Waals surface area (Å²) >= 11 is 0. The Labute approximate surface area is 98.3 Å². The van der Waals surface area contributed by atoms with Gasteiger partial charge in [-0.05, 0) is 18.2 Å². The third kappa shape index (κ3) is 1.72. The second-order valence-electron chi connectivity index (χ2n) is 4.26. The monoisotopic (exact) mass is 232 g/mol. The molecule has 1 heterocycles. The van der Waals surface area contributed by atoms with Crippen LogP contribution in [0.5, 0.6) is 0 Å². The first kappa shape index (κ1) is 10.4. The third-order valence-electron chi connectivity index (χ3n) is 3.24. The second kappa shape index (κ2) is 3.93. The fourth-order valence-electron chi connectivity index (χ4n) is 2.44. The molecule has 3 rings (SSSR count). The molecule has 0 amide bonds. The van der Waals surface area contributed by atoms with Crippen molar-refractivity contribution in [3.63, 3.8) is 0 Å². The zero-order chi connectivity index (χ0) is 11.8. The van der Waals surface area contributed by atoms with Crippen LogP contribution < -0.4 is 4.90 Å². The highest BCUT2D eigenvalue weighted by Gasteiger charge is 2.28. The Balaban J connectivity index is 2.10. The van der Waals surface area contributed by atoms with E-state index in [9.17, 15) is 8.78 Å². The average molecular weight is 232 g/mol. The predicted octanol–water partition coefficient (Wildman–Crippen LogP) is 2.37. The van der Waals surface area contributed by atoms with Gasteiger partial charge in [0.25, 0.3) is 0 Å². The molecule has 1 aliphatic heterocycles. The molecule has 1 nitrogen and oxygen atoms in total. The van der Waals surface area contributed by atoms with E-state index < -0.39 is 5.82 Å². The highest BCUT2D eigenvalue weighted by molar-refractivity contribution is 5.46. The minimum atomic E-state index is -0.390. The molecule has 1 N–H and O–H groups in total. The van der Waals surface area contributed by atoms with Gasteiger partial charge < -0.3 is 0 Å². The van der Waals surface area contributed by atoms with Crippen LogP contribution in [-0.2, 0) is 6.42 Å². The number of hydrogen-bond acceptors (Lipinski definition) is 0. The number of benzene rings is 2. The Bertz CT molecular complexity index is 566. The van der Waals surface area contributed by atoms with Crippen molar-refractivity contribution in [2.45, 2.75) is 6.42 Å². The first-order valence-corrected chi connectivity index (χ1v) is 5.65. The smallest absolute Gasteiger partial charge is 0.184 e. The van der Waals surface area contributed by atoms with Gasteiger partial charge in [-0.2, -0.15) is 0 Å². The van der Waals surface area contributed by atoms with E-state index in [0.717, 1.165) is 29.6 Å². The number of para-hydroxylation sites is 1. The number of fused-ring (bicyclic) bond motifs is 1. The van der Waals surface area contributed by atoms with Crippen molar-refractivity contribution in [1.29, 1.82) is 0 Å². The Morgan fingerprint density at radius 2 is 1.76 bits per heavy atom. The molecule has 2 aromatic rings. The molecule has 3 heteroatoms. The second-order valence-corrected chi connectivity index (χ2v) is 4.26. The van der Waals surface area contributed by atoms with Crippen LogP contribution in [0.15, 0.2) is 42.5 Å². The van der Waals surface area contributed by atoms with E-state index in [0.29, 0.717) is 5.69 Å². The maximum absolute atomic E-state index is 13.7.